The number of nitrogens with one attached hydrogen (secondary N) is 3. The Morgan fingerprint density at radius 3 is 0.955 bits per heavy atom. The molecule has 0 spiro atoms. The number of benzene rings is 1. The minimum absolute atomic E-state index is 0.0156. The van der Waals surface area contributed by atoms with Gasteiger partial charge in [0.25, 0.3) is 0 Å². The van der Waals surface area contributed by atoms with Crippen LogP contribution >= 0.6 is 0 Å². The predicted octanol–water partition coefficient (Wildman–Crippen LogP) is 5.02. The maximum absolute atomic E-state index is 13.6. The first kappa shape index (κ1) is 105. The van der Waals surface area contributed by atoms with E-state index in [1.807, 2.05) is 13.8 Å². The van der Waals surface area contributed by atoms with E-state index in [1.54, 1.807) is 31.4 Å². The van der Waals surface area contributed by atoms with Crippen LogP contribution in [0, 0.1) is 11.8 Å². The van der Waals surface area contributed by atoms with Gasteiger partial charge >= 0.3 is 5.97 Å². The first-order chi connectivity index (χ1) is 54.4. The Morgan fingerprint density at radius 2 is 0.649 bits per heavy atom. The molecule has 2 atom stereocenters. The number of Topliss-reactive ketones (excluding diaryl/α,β-unsaturated/α-hetero) is 2. The number of ketones is 2. The number of esters is 1. The highest BCUT2D eigenvalue weighted by molar-refractivity contribution is 5.97. The maximum Gasteiger partial charge on any atom is 0.302 e. The molecule has 1 aromatic carbocycles. The smallest absolute Gasteiger partial charge is 0.302 e. The number of amides is 3. The molecule has 3 N–H and O–H groups in total. The summed E-state index contributed by atoms with van der Waals surface area (Å²) in [6, 6.07) is 6.04. The Hall–Kier alpha value is -4.48. The molecule has 1 aromatic rings. The summed E-state index contributed by atoms with van der Waals surface area (Å²) in [7, 11) is 1.65. The van der Waals surface area contributed by atoms with E-state index in [0.29, 0.717) is 329 Å². The van der Waals surface area contributed by atoms with Gasteiger partial charge in [-0.2, -0.15) is 0 Å². The van der Waals surface area contributed by atoms with E-state index in [-0.39, 0.29) is 74.1 Å². The minimum Gasteiger partial charge on any atom is -0.461 e. The summed E-state index contributed by atoms with van der Waals surface area (Å²) in [5.41, 5.74) is 1.25. The second kappa shape index (κ2) is 83.5. The SMILES string of the molecule is COCCOCCOCCOCCOCCOCCCCCOCCOCCOCCOCCOCCOCCOCCOCCOCCOCCOCCOCCOCCOCCOCCOCCOCCC(=O)NCCCC[C@H](CC(=O)[C@@H](NC(=O)CCCC(C)=O)C(C)C)C(=O)Nc1ccc(COC(C)=O)cc1. The predicted molar refractivity (Wildman–Crippen MR) is 410 cm³/mol. The van der Waals surface area contributed by atoms with E-state index in [0.717, 1.165) is 24.8 Å². The monoisotopic (exact) mass is 1600 g/mol. The molecule has 0 heterocycles. The molecule has 0 aliphatic carbocycles. The second-order valence-electron chi connectivity index (χ2n) is 25.3. The van der Waals surface area contributed by atoms with Crippen molar-refractivity contribution < 1.29 is 142 Å². The Kier molecular flexibility index (Phi) is 78.6. The van der Waals surface area contributed by atoms with E-state index in [4.69, 9.17) is 114 Å². The number of hydrogen-bond acceptors (Lipinski definition) is 30. The van der Waals surface area contributed by atoms with Gasteiger partial charge in [-0.15, -0.1) is 0 Å². The van der Waals surface area contributed by atoms with Crippen molar-refractivity contribution in [1.29, 1.82) is 0 Å². The molecule has 0 saturated carbocycles. The summed E-state index contributed by atoms with van der Waals surface area (Å²) >= 11 is 0. The molecule has 0 fully saturated rings. The normalized spacial score (nSPS) is 12.1. The van der Waals surface area contributed by atoms with E-state index in [1.165, 1.54) is 13.8 Å². The fraction of sp³-hybridized carbons (Fsp3) is 0.846. The molecule has 0 aromatic heterocycles. The highest BCUT2D eigenvalue weighted by Crippen LogP contribution is 2.21. The number of hydrogen-bond donors (Lipinski definition) is 3. The van der Waals surface area contributed by atoms with Crippen molar-refractivity contribution >= 4 is 40.9 Å². The Balaban J connectivity index is 1.80. The van der Waals surface area contributed by atoms with Crippen LogP contribution in [0.25, 0.3) is 0 Å². The molecular weight excluding hydrogens is 1460 g/mol. The lowest BCUT2D eigenvalue weighted by Gasteiger charge is -2.24. The molecule has 0 saturated heterocycles. The summed E-state index contributed by atoms with van der Waals surface area (Å²) in [5, 5.41) is 8.58. The van der Waals surface area contributed by atoms with Gasteiger partial charge in [0.05, 0.1) is 290 Å². The molecule has 0 aliphatic heterocycles. The van der Waals surface area contributed by atoms with Crippen molar-refractivity contribution in [3.8, 4) is 0 Å². The van der Waals surface area contributed by atoms with Gasteiger partial charge < -0.3 is 134 Å². The van der Waals surface area contributed by atoms with Crippen LogP contribution in [-0.2, 0) is 149 Å². The Bertz CT molecular complexity index is 2250. The lowest BCUT2D eigenvalue weighted by molar-refractivity contribution is -0.142. The van der Waals surface area contributed by atoms with Crippen LogP contribution in [0.4, 0.5) is 5.69 Å². The van der Waals surface area contributed by atoms with Gasteiger partial charge in [0.2, 0.25) is 17.7 Å². The van der Waals surface area contributed by atoms with Gasteiger partial charge in [0, 0.05) is 71.1 Å². The molecule has 0 radical (unpaired) electrons. The number of methoxy groups -OCH3 is 1. The van der Waals surface area contributed by atoms with Gasteiger partial charge in [-0.3, -0.25) is 24.0 Å². The number of ether oxygens (including phenoxy) is 24. The molecule has 0 bridgehead atoms. The zero-order valence-electron chi connectivity index (χ0n) is 67.8. The highest BCUT2D eigenvalue weighted by atomic mass is 16.6. The fourth-order valence-corrected chi connectivity index (χ4v) is 9.50. The van der Waals surface area contributed by atoms with E-state index in [2.05, 4.69) is 16.0 Å². The van der Waals surface area contributed by atoms with Crippen molar-refractivity contribution in [2.75, 3.05) is 316 Å². The van der Waals surface area contributed by atoms with Crippen molar-refractivity contribution in [3.63, 3.8) is 0 Å². The molecular formula is C78H141N3O30. The van der Waals surface area contributed by atoms with Crippen LogP contribution in [0.3, 0.4) is 0 Å². The Labute approximate surface area is 660 Å². The van der Waals surface area contributed by atoms with Crippen LogP contribution in [0.5, 0.6) is 0 Å². The van der Waals surface area contributed by atoms with Crippen molar-refractivity contribution in [2.24, 2.45) is 11.8 Å². The van der Waals surface area contributed by atoms with E-state index in [9.17, 15) is 28.8 Å². The van der Waals surface area contributed by atoms with Crippen LogP contribution in [0.2, 0.25) is 0 Å². The molecule has 111 heavy (non-hydrogen) atoms. The van der Waals surface area contributed by atoms with E-state index < -0.39 is 17.9 Å². The molecule has 33 nitrogen and oxygen atoms in total. The Morgan fingerprint density at radius 1 is 0.333 bits per heavy atom. The third-order valence-corrected chi connectivity index (χ3v) is 15.5. The standard InChI is InChI=1S/C78H141N3O30/c1-68(2)77(81-76(86)14-11-12-69(3)82)74(84)66-72(78(87)80-73-17-15-71(16-18-73)67-111-70(4)83)13-7-8-20-79-75(85)19-23-91-28-31-95-36-39-99-43-45-101-47-49-103-51-53-105-55-57-107-59-61-109-63-65-110-64-62-108-60-58-106-56-54-104-52-50-102-48-46-100-44-42-98-38-35-94-30-27-90-22-10-6-9-21-89-26-29-93-34-37-97-41-40-96-33-32-92-25-24-88-5/h15-18,68,72,77H,6-14,19-67H2,1-5H3,(H,79,85)(H,80,87)(H,81,86)/t72-,77+/m1/s1. The van der Waals surface area contributed by atoms with Gasteiger partial charge in [-0.1, -0.05) is 32.4 Å². The number of anilines is 1. The summed E-state index contributed by atoms with van der Waals surface area (Å²) in [6.07, 6.45) is 5.33. The second-order valence-corrected chi connectivity index (χ2v) is 25.3. The number of rotatable bonds is 90. The quantitative estimate of drug-likeness (QED) is 0.0569. The first-order valence-corrected chi connectivity index (χ1v) is 39.7. The molecule has 33 heteroatoms. The molecule has 1 rings (SSSR count). The molecule has 0 aliphatic rings. The number of carbonyl (C=O) groups is 6. The molecule has 3 amide bonds. The highest BCUT2D eigenvalue weighted by Gasteiger charge is 2.30. The minimum atomic E-state index is -0.803. The van der Waals surface area contributed by atoms with Crippen LogP contribution in [0.1, 0.15) is 104 Å². The zero-order valence-corrected chi connectivity index (χ0v) is 67.8. The summed E-state index contributed by atoms with van der Waals surface area (Å²) in [6.45, 7) is 28.7. The number of carbonyl (C=O) groups excluding carboxylic acids is 6. The third kappa shape index (κ3) is 76.6. The average Bonchev–Trinajstić information content (AvgIpc) is 0.879. The van der Waals surface area contributed by atoms with Gasteiger partial charge in [0.1, 0.15) is 12.4 Å². The number of unbranched alkanes of at least 4 members (excludes halogenated alkanes) is 3. The first-order valence-electron chi connectivity index (χ1n) is 39.7. The van der Waals surface area contributed by atoms with Crippen molar-refractivity contribution in [1.82, 2.24) is 10.6 Å². The summed E-state index contributed by atoms with van der Waals surface area (Å²) in [5.74, 6) is -2.48. The van der Waals surface area contributed by atoms with Gasteiger partial charge in [-0.25, -0.2) is 0 Å². The van der Waals surface area contributed by atoms with E-state index >= 15 is 0 Å². The maximum atomic E-state index is 13.6. The van der Waals surface area contributed by atoms with Crippen molar-refractivity contribution in [2.45, 2.75) is 111 Å². The summed E-state index contributed by atoms with van der Waals surface area (Å²) in [4.78, 5) is 75.0. The van der Waals surface area contributed by atoms with Crippen LogP contribution in [0.15, 0.2) is 24.3 Å². The van der Waals surface area contributed by atoms with Crippen LogP contribution in [-0.4, -0.2) is 352 Å². The molecule has 648 valence electrons. The average molecular weight is 1600 g/mol. The molecule has 0 unspecified atom stereocenters. The third-order valence-electron chi connectivity index (χ3n) is 15.5. The van der Waals surface area contributed by atoms with Gasteiger partial charge in [-0.05, 0) is 69.1 Å². The lowest BCUT2D eigenvalue weighted by atomic mass is 9.89. The van der Waals surface area contributed by atoms with Crippen LogP contribution < -0.4 is 16.0 Å². The van der Waals surface area contributed by atoms with Gasteiger partial charge in [0.15, 0.2) is 5.78 Å². The largest absolute Gasteiger partial charge is 0.461 e. The van der Waals surface area contributed by atoms with Crippen molar-refractivity contribution in [3.05, 3.63) is 29.8 Å². The summed E-state index contributed by atoms with van der Waals surface area (Å²) < 4.78 is 132. The lowest BCUT2D eigenvalue weighted by Crippen LogP contribution is -2.45. The zero-order chi connectivity index (χ0) is 80.3. The topological polar surface area (TPSA) is 360 Å². The fourth-order valence-electron chi connectivity index (χ4n) is 9.50.